The first-order valence-electron chi connectivity index (χ1n) is 8.03. The Bertz CT molecular complexity index is 582. The molecule has 3 rings (SSSR count). The Morgan fingerprint density at radius 2 is 2.27 bits per heavy atom. The molecule has 1 aliphatic rings. The molecule has 1 amide bonds. The zero-order valence-electron chi connectivity index (χ0n) is 12.8. The van der Waals surface area contributed by atoms with Crippen LogP contribution < -0.4 is 0 Å². The monoisotopic (exact) mass is 314 g/mol. The molecule has 116 valence electrons. The van der Waals surface area contributed by atoms with Crippen molar-refractivity contribution < 1.29 is 4.79 Å². The Morgan fingerprint density at radius 3 is 3.05 bits per heavy atom. The van der Waals surface area contributed by atoms with Gasteiger partial charge in [-0.1, -0.05) is 12.1 Å². The van der Waals surface area contributed by atoms with Crippen molar-refractivity contribution in [2.45, 2.75) is 44.6 Å². The average Bonchev–Trinajstić information content (AvgIpc) is 3.07. The van der Waals surface area contributed by atoms with Gasteiger partial charge in [-0.15, -0.1) is 11.3 Å². The normalized spacial score (nSPS) is 18.4. The van der Waals surface area contributed by atoms with E-state index in [1.807, 2.05) is 23.5 Å². The van der Waals surface area contributed by atoms with Crippen molar-refractivity contribution in [2.24, 2.45) is 0 Å². The SMILES string of the molecule is O=C(Cc1cccnc1)N1CCCC[C@H]1CCc1cccs1. The van der Waals surface area contributed by atoms with Crippen LogP contribution in [0.2, 0.25) is 0 Å². The summed E-state index contributed by atoms with van der Waals surface area (Å²) in [6.07, 6.45) is 9.70. The third-order valence-electron chi connectivity index (χ3n) is 4.33. The molecule has 3 heterocycles. The fourth-order valence-corrected chi connectivity index (χ4v) is 3.90. The topological polar surface area (TPSA) is 33.2 Å². The van der Waals surface area contributed by atoms with Crippen molar-refractivity contribution in [2.75, 3.05) is 6.54 Å². The number of nitrogens with zero attached hydrogens (tertiary/aromatic N) is 2. The molecular formula is C18H22N2OS. The van der Waals surface area contributed by atoms with E-state index in [-0.39, 0.29) is 5.91 Å². The van der Waals surface area contributed by atoms with Gasteiger partial charge in [0.2, 0.25) is 5.91 Å². The smallest absolute Gasteiger partial charge is 0.227 e. The molecule has 2 aromatic rings. The van der Waals surface area contributed by atoms with Crippen molar-refractivity contribution in [3.63, 3.8) is 0 Å². The summed E-state index contributed by atoms with van der Waals surface area (Å²) in [5, 5.41) is 2.13. The van der Waals surface area contributed by atoms with Gasteiger partial charge in [-0.25, -0.2) is 0 Å². The summed E-state index contributed by atoms with van der Waals surface area (Å²) < 4.78 is 0. The van der Waals surface area contributed by atoms with Crippen LogP contribution in [-0.2, 0) is 17.6 Å². The van der Waals surface area contributed by atoms with Crippen LogP contribution in [0.3, 0.4) is 0 Å². The van der Waals surface area contributed by atoms with Gasteiger partial charge in [0.15, 0.2) is 0 Å². The van der Waals surface area contributed by atoms with E-state index in [2.05, 4.69) is 27.4 Å². The number of hydrogen-bond acceptors (Lipinski definition) is 3. The fraction of sp³-hybridized carbons (Fsp3) is 0.444. The summed E-state index contributed by atoms with van der Waals surface area (Å²) in [7, 11) is 0. The summed E-state index contributed by atoms with van der Waals surface area (Å²) >= 11 is 1.81. The second-order valence-electron chi connectivity index (χ2n) is 5.89. The van der Waals surface area contributed by atoms with Crippen LogP contribution in [-0.4, -0.2) is 28.4 Å². The van der Waals surface area contributed by atoms with E-state index in [9.17, 15) is 4.79 Å². The minimum Gasteiger partial charge on any atom is -0.339 e. The number of hydrogen-bond donors (Lipinski definition) is 0. The first-order chi connectivity index (χ1) is 10.8. The fourth-order valence-electron chi connectivity index (χ4n) is 3.17. The van der Waals surface area contributed by atoms with E-state index in [1.165, 1.54) is 11.3 Å². The van der Waals surface area contributed by atoms with Crippen molar-refractivity contribution in [3.8, 4) is 0 Å². The Kier molecular flexibility index (Phi) is 5.22. The maximum Gasteiger partial charge on any atom is 0.227 e. The summed E-state index contributed by atoms with van der Waals surface area (Å²) in [5.41, 5.74) is 1.01. The van der Waals surface area contributed by atoms with Gasteiger partial charge in [-0.05, 0) is 55.2 Å². The number of carbonyl (C=O) groups excluding carboxylic acids is 1. The minimum atomic E-state index is 0.254. The Labute approximate surface area is 136 Å². The van der Waals surface area contributed by atoms with Gasteiger partial charge in [-0.2, -0.15) is 0 Å². The minimum absolute atomic E-state index is 0.254. The first-order valence-corrected chi connectivity index (χ1v) is 8.91. The highest BCUT2D eigenvalue weighted by Gasteiger charge is 2.26. The number of piperidine rings is 1. The van der Waals surface area contributed by atoms with Gasteiger partial charge in [0.05, 0.1) is 6.42 Å². The lowest BCUT2D eigenvalue weighted by Gasteiger charge is -2.36. The Morgan fingerprint density at radius 1 is 1.32 bits per heavy atom. The van der Waals surface area contributed by atoms with Crippen molar-refractivity contribution in [1.29, 1.82) is 0 Å². The van der Waals surface area contributed by atoms with E-state index in [4.69, 9.17) is 0 Å². The average molecular weight is 314 g/mol. The van der Waals surface area contributed by atoms with E-state index in [0.717, 1.165) is 37.8 Å². The molecule has 0 bridgehead atoms. The van der Waals surface area contributed by atoms with Gasteiger partial charge in [0.1, 0.15) is 0 Å². The second-order valence-corrected chi connectivity index (χ2v) is 6.93. The van der Waals surface area contributed by atoms with Crippen LogP contribution in [0.4, 0.5) is 0 Å². The van der Waals surface area contributed by atoms with Crippen LogP contribution in [0.5, 0.6) is 0 Å². The summed E-state index contributed by atoms with van der Waals surface area (Å²) in [5.74, 6) is 0.254. The number of amides is 1. The molecular weight excluding hydrogens is 292 g/mol. The standard InChI is InChI=1S/C18H22N2OS/c21-18(13-15-5-3-10-19-14-15)20-11-2-1-6-16(20)8-9-17-7-4-12-22-17/h3-5,7,10,12,14,16H,1-2,6,8-9,11,13H2/t16-/m0/s1. The summed E-state index contributed by atoms with van der Waals surface area (Å²) in [6, 6.07) is 8.57. The maximum absolute atomic E-state index is 12.6. The first kappa shape index (κ1) is 15.2. The highest BCUT2D eigenvalue weighted by molar-refractivity contribution is 7.09. The van der Waals surface area contributed by atoms with Gasteiger partial charge in [-0.3, -0.25) is 9.78 Å². The summed E-state index contributed by atoms with van der Waals surface area (Å²) in [6.45, 7) is 0.911. The number of pyridine rings is 1. The van der Waals surface area contributed by atoms with E-state index in [1.54, 1.807) is 12.4 Å². The predicted molar refractivity (Wildman–Crippen MR) is 89.9 cm³/mol. The maximum atomic E-state index is 12.6. The molecule has 1 fully saturated rings. The third-order valence-corrected chi connectivity index (χ3v) is 5.27. The molecule has 22 heavy (non-hydrogen) atoms. The lowest BCUT2D eigenvalue weighted by Crippen LogP contribution is -2.44. The van der Waals surface area contributed by atoms with Gasteiger partial charge in [0.25, 0.3) is 0 Å². The number of aromatic nitrogens is 1. The van der Waals surface area contributed by atoms with Crippen molar-refractivity contribution >= 4 is 17.2 Å². The number of aryl methyl sites for hydroxylation is 1. The molecule has 3 nitrogen and oxygen atoms in total. The van der Waals surface area contributed by atoms with Crippen molar-refractivity contribution in [1.82, 2.24) is 9.88 Å². The van der Waals surface area contributed by atoms with Crippen molar-refractivity contribution in [3.05, 3.63) is 52.5 Å². The van der Waals surface area contributed by atoms with Gasteiger partial charge < -0.3 is 4.90 Å². The number of thiophene rings is 1. The molecule has 0 radical (unpaired) electrons. The molecule has 4 heteroatoms. The van der Waals surface area contributed by atoms with Crippen LogP contribution in [0.25, 0.3) is 0 Å². The van der Waals surface area contributed by atoms with E-state index in [0.29, 0.717) is 12.5 Å². The van der Waals surface area contributed by atoms with Gasteiger partial charge >= 0.3 is 0 Å². The Hall–Kier alpha value is -1.68. The molecule has 1 saturated heterocycles. The molecule has 0 N–H and O–H groups in total. The largest absolute Gasteiger partial charge is 0.339 e. The molecule has 1 atom stereocenters. The molecule has 0 aliphatic carbocycles. The highest BCUT2D eigenvalue weighted by atomic mass is 32.1. The molecule has 0 unspecified atom stereocenters. The molecule has 0 aromatic carbocycles. The van der Waals surface area contributed by atoms with E-state index < -0.39 is 0 Å². The number of carbonyl (C=O) groups is 1. The highest BCUT2D eigenvalue weighted by Crippen LogP contribution is 2.23. The van der Waals surface area contributed by atoms with Crippen LogP contribution in [0.1, 0.15) is 36.1 Å². The van der Waals surface area contributed by atoms with Crippen LogP contribution in [0, 0.1) is 0 Å². The number of likely N-dealkylation sites (tertiary alicyclic amines) is 1. The Balaban J connectivity index is 1.60. The second kappa shape index (κ2) is 7.54. The molecule has 2 aromatic heterocycles. The van der Waals surface area contributed by atoms with Crippen LogP contribution >= 0.6 is 11.3 Å². The molecule has 1 aliphatic heterocycles. The van der Waals surface area contributed by atoms with Crippen LogP contribution in [0.15, 0.2) is 42.0 Å². The zero-order valence-corrected chi connectivity index (χ0v) is 13.6. The summed E-state index contributed by atoms with van der Waals surface area (Å²) in [4.78, 5) is 20.3. The molecule has 0 saturated carbocycles. The zero-order chi connectivity index (χ0) is 15.2. The number of rotatable bonds is 5. The third kappa shape index (κ3) is 3.95. The lowest BCUT2D eigenvalue weighted by atomic mass is 9.96. The molecule has 0 spiro atoms. The van der Waals surface area contributed by atoms with Gasteiger partial charge in [0, 0.05) is 29.9 Å². The predicted octanol–water partition coefficient (Wildman–Crippen LogP) is 3.70. The van der Waals surface area contributed by atoms with E-state index >= 15 is 0 Å². The quantitative estimate of drug-likeness (QED) is 0.843. The lowest BCUT2D eigenvalue weighted by molar-refractivity contribution is -0.134.